The van der Waals surface area contributed by atoms with Crippen LogP contribution in [0.15, 0.2) is 24.3 Å². The van der Waals surface area contributed by atoms with E-state index >= 15 is 0 Å². The molecule has 5 heteroatoms. The van der Waals surface area contributed by atoms with Crippen LogP contribution in [0, 0.1) is 0 Å². The molecule has 2 unspecified atom stereocenters. The normalized spacial score (nSPS) is 11.8. The number of benzene rings is 1. The maximum atomic E-state index is 9.90. The molecule has 1 aromatic carbocycles. The predicted octanol–water partition coefficient (Wildman–Crippen LogP) is 1.60. The van der Waals surface area contributed by atoms with E-state index in [0.717, 1.165) is 12.8 Å². The van der Waals surface area contributed by atoms with Gasteiger partial charge in [-0.15, -0.1) is 12.2 Å². The third-order valence-corrected chi connectivity index (χ3v) is 6.13. The number of hydrogen-bond donors (Lipinski definition) is 1. The first kappa shape index (κ1) is 24.2. The van der Waals surface area contributed by atoms with E-state index in [1.54, 1.807) is 13.8 Å². The van der Waals surface area contributed by atoms with Gasteiger partial charge < -0.3 is 10.2 Å². The second-order valence-corrected chi connectivity index (χ2v) is 9.34. The van der Waals surface area contributed by atoms with Crippen molar-refractivity contribution in [3.05, 3.63) is 35.4 Å². The molecule has 0 aliphatic heterocycles. The Bertz CT molecular complexity index is 365. The summed E-state index contributed by atoms with van der Waals surface area (Å²) >= 11 is 4.43. The Morgan fingerprint density at radius 2 is 1.50 bits per heavy atom. The van der Waals surface area contributed by atoms with Crippen LogP contribution >= 0.6 is 12.2 Å². The van der Waals surface area contributed by atoms with Crippen LogP contribution in [0.5, 0.6) is 0 Å². The van der Waals surface area contributed by atoms with Crippen molar-refractivity contribution in [2.75, 3.05) is 0 Å². The van der Waals surface area contributed by atoms with E-state index in [-0.39, 0.29) is 12.2 Å². The van der Waals surface area contributed by atoms with Crippen LogP contribution in [0.4, 0.5) is 0 Å². The maximum absolute atomic E-state index is 9.90. The van der Waals surface area contributed by atoms with Crippen LogP contribution in [0.2, 0.25) is 0 Å². The Balaban J connectivity index is 0. The molecule has 0 aromatic heterocycles. The molecule has 3 nitrogen and oxygen atoms in total. The first-order chi connectivity index (χ1) is 10.4. The molecule has 0 amide bonds. The van der Waals surface area contributed by atoms with Gasteiger partial charge in [-0.25, -0.2) is 0 Å². The summed E-state index contributed by atoms with van der Waals surface area (Å²) in [6.07, 6.45) is 0.769. The van der Waals surface area contributed by atoms with Gasteiger partial charge in [0.25, 0.3) is 0 Å². The summed E-state index contributed by atoms with van der Waals surface area (Å²) in [6, 6.07) is 8.35. The quantitative estimate of drug-likeness (QED) is 0.550. The zero-order valence-electron chi connectivity index (χ0n) is 14.2. The molecule has 0 saturated carbocycles. The standard InChI is InChI=1S/C8H10N.2C4H9O.CHS.Sn/c1-7-4-2-3-5-8(7)6-9;2*1-3-4(2)5;1-2;/h2-5H,1,6,9H2;2*4H,3H2,1-2H3;1H;/q;2*-1;;+2. The number of rotatable bonds is 6. The summed E-state index contributed by atoms with van der Waals surface area (Å²) in [7, 11) is 0. The summed E-state index contributed by atoms with van der Waals surface area (Å²) in [6.45, 7) is 7.75. The van der Waals surface area contributed by atoms with E-state index in [1.807, 2.05) is 23.3 Å². The van der Waals surface area contributed by atoms with Crippen molar-refractivity contribution in [1.82, 2.24) is 0 Å². The molecule has 0 spiro atoms. The minimum atomic E-state index is -0.425. The third kappa shape index (κ3) is 16.4. The molecule has 1 rings (SSSR count). The van der Waals surface area contributed by atoms with Gasteiger partial charge >= 0.3 is 88.9 Å². The topological polar surface area (TPSA) is 72.1 Å². The first-order valence-electron chi connectivity index (χ1n) is 7.68. The van der Waals surface area contributed by atoms with Crippen LogP contribution < -0.4 is 15.9 Å². The molecule has 2 atom stereocenters. The molecule has 0 heterocycles. The molecule has 1 aromatic rings. The van der Waals surface area contributed by atoms with Crippen LogP contribution in [0.3, 0.4) is 0 Å². The van der Waals surface area contributed by atoms with Gasteiger partial charge in [-0.1, -0.05) is 40.5 Å². The van der Waals surface area contributed by atoms with Gasteiger partial charge in [0.05, 0.1) is 0 Å². The minimum absolute atomic E-state index is 0.366. The molecule has 0 radical (unpaired) electrons. The molecule has 0 bridgehead atoms. The molecule has 0 saturated heterocycles. The summed E-state index contributed by atoms with van der Waals surface area (Å²) in [4.78, 5) is 0. The van der Waals surface area contributed by atoms with E-state index < -0.39 is 21.1 Å². The molecular weight excluding hydrogens is 401 g/mol. The van der Waals surface area contributed by atoms with Crippen molar-refractivity contribution in [1.29, 1.82) is 0 Å². The fourth-order valence-electron chi connectivity index (χ4n) is 1.08. The second-order valence-electron chi connectivity index (χ2n) is 4.91. The monoisotopic (exact) mass is 431 g/mol. The van der Waals surface area contributed by atoms with Crippen LogP contribution in [0.1, 0.15) is 51.7 Å². The molecule has 0 aliphatic carbocycles. The Hall–Kier alpha value is -0.0113. The van der Waals surface area contributed by atoms with Gasteiger partial charge in [0.1, 0.15) is 0 Å². The van der Waals surface area contributed by atoms with Crippen molar-refractivity contribution in [2.24, 2.45) is 5.73 Å². The van der Waals surface area contributed by atoms with E-state index in [9.17, 15) is 10.2 Å². The number of thiocarbonyl (C=S) groups is 1. The Labute approximate surface area is 151 Å². The van der Waals surface area contributed by atoms with E-state index in [1.165, 1.54) is 15.6 Å². The summed E-state index contributed by atoms with van der Waals surface area (Å²) < 4.78 is 3.12. The van der Waals surface area contributed by atoms with Gasteiger partial charge in [0.2, 0.25) is 0 Å². The average Bonchev–Trinajstić information content (AvgIpc) is 2.54. The average molecular weight is 430 g/mol. The van der Waals surface area contributed by atoms with E-state index in [4.69, 9.17) is 18.0 Å². The molecular formula is C17H29NO2SSn. The Kier molecular flexibility index (Phi) is 19.1. The SMILES string of the molecule is CCC(C)[O-].CCC(C)[O-].NCc1ccccc1[CH2][Sn+2][CH]=S. The van der Waals surface area contributed by atoms with Gasteiger partial charge in [0, 0.05) is 0 Å². The van der Waals surface area contributed by atoms with Gasteiger partial charge in [0.15, 0.2) is 0 Å². The van der Waals surface area contributed by atoms with Crippen molar-refractivity contribution in [3.8, 4) is 0 Å². The van der Waals surface area contributed by atoms with E-state index in [2.05, 4.69) is 18.2 Å². The van der Waals surface area contributed by atoms with Crippen molar-refractivity contribution in [3.63, 3.8) is 0 Å². The van der Waals surface area contributed by atoms with Gasteiger partial charge in [-0.2, -0.15) is 0 Å². The van der Waals surface area contributed by atoms with Gasteiger partial charge in [-0.05, 0) is 0 Å². The molecule has 2 N–H and O–H groups in total. The van der Waals surface area contributed by atoms with Gasteiger partial charge in [-0.3, -0.25) is 0 Å². The number of hydrogen-bond acceptors (Lipinski definition) is 4. The van der Waals surface area contributed by atoms with Crippen LogP contribution in [-0.4, -0.2) is 36.7 Å². The third-order valence-electron chi connectivity index (χ3n) is 2.86. The number of nitrogens with two attached hydrogens (primary N) is 1. The fraction of sp³-hybridized carbons (Fsp3) is 0.588. The fourth-order valence-corrected chi connectivity index (χ4v) is 3.49. The molecule has 0 aliphatic rings. The zero-order valence-corrected chi connectivity index (χ0v) is 17.8. The molecule has 124 valence electrons. The summed E-state index contributed by atoms with van der Waals surface area (Å²) in [5.74, 6) is 0. The second kappa shape index (κ2) is 17.3. The zero-order chi connectivity index (χ0) is 17.4. The first-order valence-corrected chi connectivity index (χ1v) is 11.8. The Morgan fingerprint density at radius 1 is 1.09 bits per heavy atom. The van der Waals surface area contributed by atoms with E-state index in [0.29, 0.717) is 6.54 Å². The van der Waals surface area contributed by atoms with Crippen molar-refractivity contribution >= 4 is 36.7 Å². The Morgan fingerprint density at radius 3 is 1.82 bits per heavy atom. The molecule has 0 fully saturated rings. The van der Waals surface area contributed by atoms with Crippen LogP contribution in [0.25, 0.3) is 0 Å². The van der Waals surface area contributed by atoms with Crippen molar-refractivity contribution < 1.29 is 10.2 Å². The molecule has 22 heavy (non-hydrogen) atoms. The predicted molar refractivity (Wildman–Crippen MR) is 97.0 cm³/mol. The van der Waals surface area contributed by atoms with Crippen molar-refractivity contribution in [2.45, 2.75) is 63.7 Å². The van der Waals surface area contributed by atoms with Crippen LogP contribution in [-0.2, 0) is 11.0 Å². The summed E-state index contributed by atoms with van der Waals surface area (Å²) in [5, 5.41) is 19.8. The summed E-state index contributed by atoms with van der Waals surface area (Å²) in [5.41, 5.74) is 8.27.